The largest absolute Gasteiger partial charge is 0.492 e. The zero-order valence-electron chi connectivity index (χ0n) is 11.8. The maximum atomic E-state index is 12.5. The number of hydrogen-bond donors (Lipinski definition) is 1. The van der Waals surface area contributed by atoms with E-state index in [9.17, 15) is 8.42 Å². The average molecular weight is 370 g/mol. The Morgan fingerprint density at radius 1 is 1.19 bits per heavy atom. The summed E-state index contributed by atoms with van der Waals surface area (Å²) in [5, 5.41) is 0. The Kier molecular flexibility index (Phi) is 4.90. The minimum Gasteiger partial charge on any atom is -0.492 e. The molecule has 0 radical (unpaired) electrons. The van der Waals surface area contributed by atoms with Gasteiger partial charge in [-0.1, -0.05) is 18.2 Å². The molecule has 6 heteroatoms. The van der Waals surface area contributed by atoms with Gasteiger partial charge in [-0.3, -0.25) is 4.72 Å². The van der Waals surface area contributed by atoms with E-state index < -0.39 is 10.0 Å². The number of hydrogen-bond acceptors (Lipinski definition) is 3. The normalized spacial score (nSPS) is 11.2. The Hall–Kier alpha value is -1.53. The summed E-state index contributed by atoms with van der Waals surface area (Å²) in [5.41, 5.74) is 1.40. The molecule has 0 aromatic heterocycles. The first-order valence-electron chi connectivity index (χ1n) is 6.45. The van der Waals surface area contributed by atoms with Crippen LogP contribution in [-0.4, -0.2) is 15.0 Å². The van der Waals surface area contributed by atoms with Gasteiger partial charge in [0.15, 0.2) is 0 Å². The van der Waals surface area contributed by atoms with E-state index in [4.69, 9.17) is 4.74 Å². The van der Waals surface area contributed by atoms with Crippen molar-refractivity contribution >= 4 is 31.6 Å². The lowest BCUT2D eigenvalue weighted by atomic mass is 10.2. The maximum absolute atomic E-state index is 12.5. The summed E-state index contributed by atoms with van der Waals surface area (Å²) < 4.78 is 33.5. The van der Waals surface area contributed by atoms with Crippen LogP contribution < -0.4 is 9.46 Å². The number of nitrogens with one attached hydrogen (secondary N) is 1. The van der Waals surface area contributed by atoms with Crippen LogP contribution in [0.1, 0.15) is 12.5 Å². The van der Waals surface area contributed by atoms with Gasteiger partial charge in [0.25, 0.3) is 10.0 Å². The highest BCUT2D eigenvalue weighted by Gasteiger charge is 2.19. The fourth-order valence-corrected chi connectivity index (χ4v) is 4.12. The Morgan fingerprint density at radius 2 is 1.90 bits per heavy atom. The molecule has 1 N–H and O–H groups in total. The molecule has 4 nitrogen and oxygen atoms in total. The first-order chi connectivity index (χ1) is 9.94. The first kappa shape index (κ1) is 15.9. The van der Waals surface area contributed by atoms with Crippen molar-refractivity contribution < 1.29 is 13.2 Å². The van der Waals surface area contributed by atoms with E-state index in [0.717, 1.165) is 5.56 Å². The van der Waals surface area contributed by atoms with Crippen molar-refractivity contribution in [3.8, 4) is 5.75 Å². The van der Waals surface area contributed by atoms with Crippen LogP contribution in [0.3, 0.4) is 0 Å². The van der Waals surface area contributed by atoms with Gasteiger partial charge in [0.05, 0.1) is 12.3 Å². The van der Waals surface area contributed by atoms with Gasteiger partial charge in [-0.2, -0.15) is 0 Å². The molecule has 2 rings (SSSR count). The Balaban J connectivity index is 2.38. The SMILES string of the molecule is CCOc1ccccc1NS(=O)(=O)c1ccc(C)cc1Br. The predicted octanol–water partition coefficient (Wildman–Crippen LogP) is 3.96. The minimum atomic E-state index is -3.68. The van der Waals surface area contributed by atoms with Gasteiger partial charge in [-0.15, -0.1) is 0 Å². The van der Waals surface area contributed by atoms with E-state index in [1.165, 1.54) is 0 Å². The molecule has 0 saturated carbocycles. The third-order valence-electron chi connectivity index (χ3n) is 2.81. The molecule has 0 amide bonds. The highest BCUT2D eigenvalue weighted by Crippen LogP contribution is 2.29. The number of sulfonamides is 1. The van der Waals surface area contributed by atoms with Crippen molar-refractivity contribution in [2.45, 2.75) is 18.7 Å². The van der Waals surface area contributed by atoms with Crippen LogP contribution in [0.15, 0.2) is 51.8 Å². The molecule has 0 atom stereocenters. The molecule has 2 aromatic rings. The maximum Gasteiger partial charge on any atom is 0.263 e. The summed E-state index contributed by atoms with van der Waals surface area (Å²) in [5.74, 6) is 0.506. The second kappa shape index (κ2) is 6.49. The molecule has 21 heavy (non-hydrogen) atoms. The minimum absolute atomic E-state index is 0.194. The Morgan fingerprint density at radius 3 is 2.57 bits per heavy atom. The molecular formula is C15H16BrNO3S. The number of rotatable bonds is 5. The van der Waals surface area contributed by atoms with E-state index in [2.05, 4.69) is 20.7 Å². The molecule has 112 valence electrons. The van der Waals surface area contributed by atoms with Gasteiger partial charge >= 0.3 is 0 Å². The van der Waals surface area contributed by atoms with Crippen molar-refractivity contribution in [1.29, 1.82) is 0 Å². The van der Waals surface area contributed by atoms with Crippen molar-refractivity contribution in [3.05, 3.63) is 52.5 Å². The smallest absolute Gasteiger partial charge is 0.263 e. The lowest BCUT2D eigenvalue weighted by molar-refractivity contribution is 0.342. The lowest BCUT2D eigenvalue weighted by Crippen LogP contribution is -2.14. The second-order valence-corrected chi connectivity index (χ2v) is 6.97. The van der Waals surface area contributed by atoms with Crippen LogP contribution in [0.5, 0.6) is 5.75 Å². The van der Waals surface area contributed by atoms with E-state index in [1.54, 1.807) is 42.5 Å². The van der Waals surface area contributed by atoms with Crippen LogP contribution in [0.25, 0.3) is 0 Å². The third kappa shape index (κ3) is 3.77. The fourth-order valence-electron chi connectivity index (χ4n) is 1.86. The Labute approximate surface area is 133 Å². The van der Waals surface area contributed by atoms with Gasteiger partial charge in [0, 0.05) is 4.47 Å². The Bertz CT molecular complexity index is 744. The van der Waals surface area contributed by atoms with Gasteiger partial charge in [-0.25, -0.2) is 8.42 Å². The lowest BCUT2D eigenvalue weighted by Gasteiger charge is -2.13. The summed E-state index contributed by atoms with van der Waals surface area (Å²) in [6.07, 6.45) is 0. The summed E-state index contributed by atoms with van der Waals surface area (Å²) in [7, 11) is -3.68. The van der Waals surface area contributed by atoms with Gasteiger partial charge < -0.3 is 4.74 Å². The van der Waals surface area contributed by atoms with Gasteiger partial charge in [0.2, 0.25) is 0 Å². The second-order valence-electron chi connectivity index (χ2n) is 4.47. The van der Waals surface area contributed by atoms with Crippen molar-refractivity contribution in [3.63, 3.8) is 0 Å². The first-order valence-corrected chi connectivity index (χ1v) is 8.72. The monoisotopic (exact) mass is 369 g/mol. The number of ether oxygens (including phenoxy) is 1. The average Bonchev–Trinajstić information content (AvgIpc) is 2.40. The quantitative estimate of drug-likeness (QED) is 0.867. The van der Waals surface area contributed by atoms with Crippen LogP contribution in [-0.2, 0) is 10.0 Å². The molecule has 0 aliphatic heterocycles. The highest BCUT2D eigenvalue weighted by molar-refractivity contribution is 9.10. The standard InChI is InChI=1S/C15H16BrNO3S/c1-3-20-14-7-5-4-6-13(14)17-21(18,19)15-9-8-11(2)10-12(15)16/h4-10,17H,3H2,1-2H3. The zero-order chi connectivity index (χ0) is 15.5. The number of anilines is 1. The zero-order valence-corrected chi connectivity index (χ0v) is 14.2. The molecule has 0 saturated heterocycles. The number of benzene rings is 2. The molecule has 0 spiro atoms. The van der Waals surface area contributed by atoms with Crippen molar-refractivity contribution in [2.75, 3.05) is 11.3 Å². The van der Waals surface area contributed by atoms with E-state index in [1.807, 2.05) is 13.8 Å². The highest BCUT2D eigenvalue weighted by atomic mass is 79.9. The van der Waals surface area contributed by atoms with Crippen molar-refractivity contribution in [1.82, 2.24) is 0 Å². The predicted molar refractivity (Wildman–Crippen MR) is 87.3 cm³/mol. The van der Waals surface area contributed by atoms with Crippen LogP contribution in [0, 0.1) is 6.92 Å². The van der Waals surface area contributed by atoms with E-state index in [-0.39, 0.29) is 4.90 Å². The topological polar surface area (TPSA) is 55.4 Å². The van der Waals surface area contributed by atoms with Crippen LogP contribution >= 0.6 is 15.9 Å². The number of halogens is 1. The van der Waals surface area contributed by atoms with Crippen LogP contribution in [0.4, 0.5) is 5.69 Å². The molecule has 0 aliphatic carbocycles. The van der Waals surface area contributed by atoms with Gasteiger partial charge in [0.1, 0.15) is 10.6 Å². The molecule has 0 fully saturated rings. The van der Waals surface area contributed by atoms with Crippen LogP contribution in [0.2, 0.25) is 0 Å². The molecule has 0 heterocycles. The molecule has 0 aliphatic rings. The summed E-state index contributed by atoms with van der Waals surface area (Å²) in [6.45, 7) is 4.22. The van der Waals surface area contributed by atoms with Crippen molar-refractivity contribution in [2.24, 2.45) is 0 Å². The summed E-state index contributed by atoms with van der Waals surface area (Å²) in [6, 6.07) is 12.0. The third-order valence-corrected chi connectivity index (χ3v) is 5.15. The summed E-state index contributed by atoms with van der Waals surface area (Å²) in [4.78, 5) is 0.194. The van der Waals surface area contributed by atoms with E-state index in [0.29, 0.717) is 22.5 Å². The molecule has 0 unspecified atom stereocenters. The number of aryl methyl sites for hydroxylation is 1. The van der Waals surface area contributed by atoms with Gasteiger partial charge in [-0.05, 0) is 59.6 Å². The molecule has 2 aromatic carbocycles. The number of para-hydroxylation sites is 2. The molecular weight excluding hydrogens is 354 g/mol. The molecule has 0 bridgehead atoms. The van der Waals surface area contributed by atoms with E-state index >= 15 is 0 Å². The summed E-state index contributed by atoms with van der Waals surface area (Å²) >= 11 is 3.30. The fraction of sp³-hybridized carbons (Fsp3) is 0.200.